The van der Waals surface area contributed by atoms with Gasteiger partial charge >= 0.3 is 0 Å². The zero-order valence-electron chi connectivity index (χ0n) is 12.8. The lowest BCUT2D eigenvalue weighted by atomic mass is 10.1. The monoisotopic (exact) mass is 314 g/mol. The van der Waals surface area contributed by atoms with Gasteiger partial charge in [-0.2, -0.15) is 0 Å². The average molecular weight is 315 g/mol. The molecule has 4 heteroatoms. The van der Waals surface area contributed by atoms with Crippen LogP contribution in [0.2, 0.25) is 5.02 Å². The first-order chi connectivity index (χ1) is 10.6. The molecule has 0 aliphatic carbocycles. The van der Waals surface area contributed by atoms with Crippen LogP contribution in [-0.4, -0.2) is 18.5 Å². The van der Waals surface area contributed by atoms with E-state index in [-0.39, 0.29) is 18.5 Å². The van der Waals surface area contributed by atoms with Gasteiger partial charge in [0.1, 0.15) is 0 Å². The molecule has 1 heterocycles. The average Bonchev–Trinajstić information content (AvgIpc) is 2.84. The second-order valence-corrected chi connectivity index (χ2v) is 6.12. The van der Waals surface area contributed by atoms with Gasteiger partial charge in [0.25, 0.3) is 0 Å². The standard InChI is InChI=1S/C18H19ClN2O/c1-12-10-14-6-3-4-9-17(14)21(12)18(22)11-20-16-8-5-7-15(19)13(16)2/h3-9,12,20H,10-11H2,1-2H3/t12-/m1/s1. The van der Waals surface area contributed by atoms with Gasteiger partial charge < -0.3 is 10.2 Å². The molecule has 0 radical (unpaired) electrons. The molecule has 1 atom stereocenters. The fourth-order valence-electron chi connectivity index (χ4n) is 3.00. The molecule has 0 bridgehead atoms. The van der Waals surface area contributed by atoms with Crippen LogP contribution in [0.3, 0.4) is 0 Å². The molecule has 0 saturated heterocycles. The van der Waals surface area contributed by atoms with Gasteiger partial charge in [0, 0.05) is 22.4 Å². The summed E-state index contributed by atoms with van der Waals surface area (Å²) in [6, 6.07) is 14.0. The van der Waals surface area contributed by atoms with Crippen molar-refractivity contribution in [2.75, 3.05) is 16.8 Å². The molecule has 22 heavy (non-hydrogen) atoms. The van der Waals surface area contributed by atoms with E-state index >= 15 is 0 Å². The minimum Gasteiger partial charge on any atom is -0.376 e. The van der Waals surface area contributed by atoms with E-state index in [1.54, 1.807) is 0 Å². The number of rotatable bonds is 3. The number of anilines is 2. The van der Waals surface area contributed by atoms with Crippen molar-refractivity contribution in [1.29, 1.82) is 0 Å². The summed E-state index contributed by atoms with van der Waals surface area (Å²) in [5.74, 6) is 0.0804. The molecule has 0 saturated carbocycles. The third-order valence-electron chi connectivity index (χ3n) is 4.17. The number of nitrogens with zero attached hydrogens (tertiary/aromatic N) is 1. The number of fused-ring (bicyclic) bond motifs is 1. The van der Waals surface area contributed by atoms with E-state index in [1.165, 1.54) is 5.56 Å². The molecule has 0 spiro atoms. The van der Waals surface area contributed by atoms with Crippen LogP contribution in [0.15, 0.2) is 42.5 Å². The molecule has 3 nitrogen and oxygen atoms in total. The highest BCUT2D eigenvalue weighted by molar-refractivity contribution is 6.31. The van der Waals surface area contributed by atoms with Gasteiger partial charge in [-0.1, -0.05) is 35.9 Å². The molecule has 0 fully saturated rings. The van der Waals surface area contributed by atoms with Crippen LogP contribution in [-0.2, 0) is 11.2 Å². The maximum atomic E-state index is 12.6. The molecule has 1 N–H and O–H groups in total. The molecule has 1 aliphatic heterocycles. The van der Waals surface area contributed by atoms with Gasteiger partial charge in [-0.25, -0.2) is 0 Å². The van der Waals surface area contributed by atoms with Gasteiger partial charge in [0.2, 0.25) is 5.91 Å². The summed E-state index contributed by atoms with van der Waals surface area (Å²) in [7, 11) is 0. The maximum Gasteiger partial charge on any atom is 0.246 e. The molecule has 2 aromatic carbocycles. The van der Waals surface area contributed by atoms with Gasteiger partial charge in [0.15, 0.2) is 0 Å². The Morgan fingerprint density at radius 2 is 2.05 bits per heavy atom. The molecule has 114 valence electrons. The highest BCUT2D eigenvalue weighted by Gasteiger charge is 2.30. The molecular weight excluding hydrogens is 296 g/mol. The number of halogens is 1. The summed E-state index contributed by atoms with van der Waals surface area (Å²) in [5, 5.41) is 3.91. The number of carbonyl (C=O) groups excluding carboxylic acids is 1. The van der Waals surface area contributed by atoms with Gasteiger partial charge in [-0.3, -0.25) is 4.79 Å². The van der Waals surface area contributed by atoms with Crippen molar-refractivity contribution in [2.45, 2.75) is 26.3 Å². The van der Waals surface area contributed by atoms with Crippen molar-refractivity contribution in [1.82, 2.24) is 0 Å². The van der Waals surface area contributed by atoms with E-state index in [0.717, 1.165) is 23.4 Å². The van der Waals surface area contributed by atoms with Gasteiger partial charge in [-0.05, 0) is 49.6 Å². The molecular formula is C18H19ClN2O. The van der Waals surface area contributed by atoms with E-state index in [1.807, 2.05) is 48.2 Å². The van der Waals surface area contributed by atoms with Crippen molar-refractivity contribution >= 4 is 28.9 Å². The highest BCUT2D eigenvalue weighted by Crippen LogP contribution is 2.32. The van der Waals surface area contributed by atoms with Crippen LogP contribution < -0.4 is 10.2 Å². The number of carbonyl (C=O) groups is 1. The number of hydrogen-bond acceptors (Lipinski definition) is 2. The number of hydrogen-bond donors (Lipinski definition) is 1. The van der Waals surface area contributed by atoms with Crippen LogP contribution in [0.4, 0.5) is 11.4 Å². The normalized spacial score (nSPS) is 16.5. The van der Waals surface area contributed by atoms with Crippen molar-refractivity contribution < 1.29 is 4.79 Å². The van der Waals surface area contributed by atoms with Crippen LogP contribution in [0.1, 0.15) is 18.1 Å². The highest BCUT2D eigenvalue weighted by atomic mass is 35.5. The third-order valence-corrected chi connectivity index (χ3v) is 4.58. The van der Waals surface area contributed by atoms with Crippen LogP contribution in [0.25, 0.3) is 0 Å². The SMILES string of the molecule is Cc1c(Cl)cccc1NCC(=O)N1c2ccccc2C[C@H]1C. The maximum absolute atomic E-state index is 12.6. The number of nitrogens with one attached hydrogen (secondary N) is 1. The van der Waals surface area contributed by atoms with Gasteiger partial charge in [-0.15, -0.1) is 0 Å². The van der Waals surface area contributed by atoms with Crippen molar-refractivity contribution in [3.63, 3.8) is 0 Å². The lowest BCUT2D eigenvalue weighted by Crippen LogP contribution is -2.39. The van der Waals surface area contributed by atoms with E-state index in [2.05, 4.69) is 18.3 Å². The summed E-state index contributed by atoms with van der Waals surface area (Å²) < 4.78 is 0. The Balaban J connectivity index is 1.74. The Labute approximate surface area is 135 Å². The van der Waals surface area contributed by atoms with Crippen LogP contribution in [0.5, 0.6) is 0 Å². The third kappa shape index (κ3) is 2.69. The lowest BCUT2D eigenvalue weighted by molar-refractivity contribution is -0.117. The minimum atomic E-state index is 0.0804. The summed E-state index contributed by atoms with van der Waals surface area (Å²) in [4.78, 5) is 14.5. The fraction of sp³-hybridized carbons (Fsp3) is 0.278. The van der Waals surface area contributed by atoms with Crippen molar-refractivity contribution in [3.05, 3.63) is 58.6 Å². The fourth-order valence-corrected chi connectivity index (χ4v) is 3.18. The zero-order valence-corrected chi connectivity index (χ0v) is 13.5. The van der Waals surface area contributed by atoms with Crippen molar-refractivity contribution in [2.24, 2.45) is 0 Å². The quantitative estimate of drug-likeness (QED) is 0.927. The Morgan fingerprint density at radius 3 is 2.86 bits per heavy atom. The predicted molar refractivity (Wildman–Crippen MR) is 91.8 cm³/mol. The van der Waals surface area contributed by atoms with Crippen molar-refractivity contribution in [3.8, 4) is 0 Å². The molecule has 0 aromatic heterocycles. The first-order valence-corrected chi connectivity index (χ1v) is 7.84. The zero-order chi connectivity index (χ0) is 15.7. The second-order valence-electron chi connectivity index (χ2n) is 5.71. The largest absolute Gasteiger partial charge is 0.376 e. The molecule has 1 aliphatic rings. The van der Waals surface area contributed by atoms with Gasteiger partial charge in [0.05, 0.1) is 6.54 Å². The summed E-state index contributed by atoms with van der Waals surface area (Å²) in [6.45, 7) is 4.30. The Kier molecular flexibility index (Phi) is 4.08. The Hall–Kier alpha value is -2.00. The smallest absolute Gasteiger partial charge is 0.246 e. The molecule has 3 rings (SSSR count). The Bertz CT molecular complexity index is 714. The first kappa shape index (κ1) is 14.9. The molecule has 2 aromatic rings. The van der Waals surface area contributed by atoms with E-state index < -0.39 is 0 Å². The number of para-hydroxylation sites is 1. The summed E-state index contributed by atoms with van der Waals surface area (Å²) in [5.41, 5.74) is 4.14. The first-order valence-electron chi connectivity index (χ1n) is 7.47. The lowest BCUT2D eigenvalue weighted by Gasteiger charge is -2.23. The van der Waals surface area contributed by atoms with Crippen LogP contribution >= 0.6 is 11.6 Å². The Morgan fingerprint density at radius 1 is 1.27 bits per heavy atom. The summed E-state index contributed by atoms with van der Waals surface area (Å²) >= 11 is 6.11. The summed E-state index contributed by atoms with van der Waals surface area (Å²) in [6.07, 6.45) is 0.915. The van der Waals surface area contributed by atoms with E-state index in [4.69, 9.17) is 11.6 Å². The topological polar surface area (TPSA) is 32.3 Å². The number of benzene rings is 2. The minimum absolute atomic E-state index is 0.0804. The van der Waals surface area contributed by atoms with Crippen LogP contribution in [0, 0.1) is 6.92 Å². The molecule has 0 unspecified atom stereocenters. The number of amides is 1. The molecule has 1 amide bonds. The van der Waals surface area contributed by atoms with E-state index in [9.17, 15) is 4.79 Å². The van der Waals surface area contributed by atoms with E-state index in [0.29, 0.717) is 5.02 Å². The second kappa shape index (κ2) is 6.01. The predicted octanol–water partition coefficient (Wildman–Crippen LogP) is 4.04.